The summed E-state index contributed by atoms with van der Waals surface area (Å²) in [7, 11) is 0. The maximum atomic E-state index is 6.28. The van der Waals surface area contributed by atoms with Crippen molar-refractivity contribution in [1.29, 1.82) is 0 Å². The summed E-state index contributed by atoms with van der Waals surface area (Å²) >= 11 is 0. The summed E-state index contributed by atoms with van der Waals surface area (Å²) < 4.78 is 6.28. The van der Waals surface area contributed by atoms with Gasteiger partial charge in [-0.15, -0.1) is 0 Å². The van der Waals surface area contributed by atoms with Crippen molar-refractivity contribution >= 4 is 71.3 Å². The minimum absolute atomic E-state index is 0.906. The third-order valence-electron chi connectivity index (χ3n) is 11.2. The molecule has 0 bridgehead atoms. The van der Waals surface area contributed by atoms with Gasteiger partial charge in [0, 0.05) is 27.7 Å². The second kappa shape index (κ2) is 13.2. The molecule has 0 aliphatic rings. The predicted molar refractivity (Wildman–Crippen MR) is 237 cm³/mol. The van der Waals surface area contributed by atoms with Crippen LogP contribution in [0.5, 0.6) is 0 Å². The number of anilines is 3. The molecule has 10 aromatic carbocycles. The average Bonchev–Trinajstić information content (AvgIpc) is 3.63. The van der Waals surface area contributed by atoms with E-state index in [-0.39, 0.29) is 0 Å². The zero-order valence-corrected chi connectivity index (χ0v) is 30.6. The molecule has 0 amide bonds. The quantitative estimate of drug-likeness (QED) is 0.160. The fourth-order valence-electron chi connectivity index (χ4n) is 8.58. The molecular formula is C54H35NO. The van der Waals surface area contributed by atoms with E-state index in [4.69, 9.17) is 4.42 Å². The first-order valence-corrected chi connectivity index (χ1v) is 19.2. The first-order chi connectivity index (χ1) is 27.8. The first-order valence-electron chi connectivity index (χ1n) is 19.2. The highest BCUT2D eigenvalue weighted by atomic mass is 16.3. The van der Waals surface area contributed by atoms with Crippen molar-refractivity contribution < 1.29 is 4.42 Å². The van der Waals surface area contributed by atoms with Gasteiger partial charge in [0.05, 0.1) is 5.69 Å². The Morgan fingerprint density at radius 3 is 1.71 bits per heavy atom. The van der Waals surface area contributed by atoms with Crippen LogP contribution in [0, 0.1) is 0 Å². The van der Waals surface area contributed by atoms with E-state index in [1.807, 2.05) is 12.1 Å². The number of rotatable bonds is 6. The first kappa shape index (κ1) is 32.0. The Balaban J connectivity index is 1.13. The van der Waals surface area contributed by atoms with E-state index in [2.05, 4.69) is 205 Å². The number of hydrogen-bond acceptors (Lipinski definition) is 2. The molecule has 0 aliphatic carbocycles. The molecule has 262 valence electrons. The number of nitrogens with zero attached hydrogens (tertiary/aromatic N) is 1. The molecule has 0 N–H and O–H groups in total. The van der Waals surface area contributed by atoms with Crippen molar-refractivity contribution in [1.82, 2.24) is 0 Å². The highest BCUT2D eigenvalue weighted by Crippen LogP contribution is 2.46. The molecule has 11 rings (SSSR count). The number of fused-ring (bicyclic) bond motifs is 7. The second-order valence-electron chi connectivity index (χ2n) is 14.5. The Kier molecular flexibility index (Phi) is 7.53. The number of benzene rings is 10. The Labute approximate surface area is 325 Å². The lowest BCUT2D eigenvalue weighted by Gasteiger charge is -2.29. The fourth-order valence-corrected chi connectivity index (χ4v) is 8.58. The number of furan rings is 1. The molecule has 0 spiro atoms. The van der Waals surface area contributed by atoms with Gasteiger partial charge in [-0.2, -0.15) is 0 Å². The van der Waals surface area contributed by atoms with Crippen molar-refractivity contribution in [3.63, 3.8) is 0 Å². The standard InChI is InChI=1S/C54H35NO/c1-2-14-36(15-3-1)37-26-29-41(30-27-37)55(42-31-28-38-35-54-51(34-40(38)32-42)49-23-11-13-25-53(49)56-54)52-24-12-10-22-48(52)45-19-7-9-21-47(45)50-33-39-16-4-5-17-43(39)44-18-6-8-20-46(44)50/h1-35H. The minimum Gasteiger partial charge on any atom is -0.456 e. The van der Waals surface area contributed by atoms with Crippen LogP contribution in [-0.4, -0.2) is 0 Å². The zero-order valence-electron chi connectivity index (χ0n) is 30.6. The smallest absolute Gasteiger partial charge is 0.136 e. The molecule has 0 fully saturated rings. The molecule has 0 aliphatic heterocycles. The number of para-hydroxylation sites is 2. The molecule has 0 unspecified atom stereocenters. The lowest BCUT2D eigenvalue weighted by Crippen LogP contribution is -2.11. The van der Waals surface area contributed by atoms with Crippen LogP contribution in [0.15, 0.2) is 217 Å². The molecule has 1 aromatic heterocycles. The molecule has 11 aromatic rings. The third-order valence-corrected chi connectivity index (χ3v) is 11.2. The van der Waals surface area contributed by atoms with Gasteiger partial charge in [0.2, 0.25) is 0 Å². The Morgan fingerprint density at radius 1 is 0.286 bits per heavy atom. The SMILES string of the molecule is c1ccc(-c2ccc(N(c3ccc4cc5oc6ccccc6c5cc4c3)c3ccccc3-c3ccccc3-c3cc4ccccc4c4ccccc34)cc2)cc1. The van der Waals surface area contributed by atoms with Crippen molar-refractivity contribution in [3.05, 3.63) is 212 Å². The van der Waals surface area contributed by atoms with E-state index in [9.17, 15) is 0 Å². The maximum absolute atomic E-state index is 6.28. The molecule has 0 saturated heterocycles. The van der Waals surface area contributed by atoms with Gasteiger partial charge in [-0.25, -0.2) is 0 Å². The van der Waals surface area contributed by atoms with E-state index in [1.165, 1.54) is 49.4 Å². The maximum Gasteiger partial charge on any atom is 0.136 e. The molecule has 2 heteroatoms. The van der Waals surface area contributed by atoms with Crippen molar-refractivity contribution in [2.45, 2.75) is 0 Å². The molecule has 0 atom stereocenters. The Morgan fingerprint density at radius 2 is 0.893 bits per heavy atom. The van der Waals surface area contributed by atoms with Crippen LogP contribution in [0.25, 0.3) is 87.6 Å². The summed E-state index contributed by atoms with van der Waals surface area (Å²) in [6.45, 7) is 0. The summed E-state index contributed by atoms with van der Waals surface area (Å²) in [6, 6.07) is 76.7. The van der Waals surface area contributed by atoms with Crippen LogP contribution in [0.4, 0.5) is 17.1 Å². The summed E-state index contributed by atoms with van der Waals surface area (Å²) in [5.74, 6) is 0. The van der Waals surface area contributed by atoms with Crippen molar-refractivity contribution in [2.24, 2.45) is 0 Å². The number of hydrogen-bond donors (Lipinski definition) is 0. The molecule has 0 saturated carbocycles. The van der Waals surface area contributed by atoms with Gasteiger partial charge in [-0.1, -0.05) is 158 Å². The van der Waals surface area contributed by atoms with Gasteiger partial charge in [-0.3, -0.25) is 0 Å². The lowest BCUT2D eigenvalue weighted by atomic mass is 9.88. The molecular weight excluding hydrogens is 679 g/mol. The van der Waals surface area contributed by atoms with E-state index in [0.29, 0.717) is 0 Å². The van der Waals surface area contributed by atoms with Crippen molar-refractivity contribution in [3.8, 4) is 33.4 Å². The summed E-state index contributed by atoms with van der Waals surface area (Å²) in [4.78, 5) is 2.41. The van der Waals surface area contributed by atoms with Gasteiger partial charge in [-0.05, 0) is 115 Å². The Bertz CT molecular complexity index is 3250. The molecule has 56 heavy (non-hydrogen) atoms. The van der Waals surface area contributed by atoms with E-state index in [1.54, 1.807) is 0 Å². The average molecular weight is 714 g/mol. The van der Waals surface area contributed by atoms with Gasteiger partial charge in [0.25, 0.3) is 0 Å². The summed E-state index contributed by atoms with van der Waals surface area (Å²) in [5.41, 5.74) is 12.2. The lowest BCUT2D eigenvalue weighted by molar-refractivity contribution is 0.669. The van der Waals surface area contributed by atoms with Crippen LogP contribution >= 0.6 is 0 Å². The van der Waals surface area contributed by atoms with E-state index >= 15 is 0 Å². The normalized spacial score (nSPS) is 11.6. The van der Waals surface area contributed by atoms with Gasteiger partial charge >= 0.3 is 0 Å². The van der Waals surface area contributed by atoms with E-state index < -0.39 is 0 Å². The fraction of sp³-hybridized carbons (Fsp3) is 0. The van der Waals surface area contributed by atoms with Crippen LogP contribution in [-0.2, 0) is 0 Å². The third kappa shape index (κ3) is 5.34. The molecule has 0 radical (unpaired) electrons. The second-order valence-corrected chi connectivity index (χ2v) is 14.5. The summed E-state index contributed by atoms with van der Waals surface area (Å²) in [6.07, 6.45) is 0. The zero-order chi connectivity index (χ0) is 37.0. The largest absolute Gasteiger partial charge is 0.456 e. The predicted octanol–water partition coefficient (Wildman–Crippen LogP) is 15.5. The van der Waals surface area contributed by atoms with Gasteiger partial charge in [0.15, 0.2) is 0 Å². The van der Waals surface area contributed by atoms with Gasteiger partial charge in [0.1, 0.15) is 11.2 Å². The van der Waals surface area contributed by atoms with Crippen LogP contribution in [0.2, 0.25) is 0 Å². The Hall–Kier alpha value is -7.42. The van der Waals surface area contributed by atoms with Crippen LogP contribution in [0.1, 0.15) is 0 Å². The highest BCUT2D eigenvalue weighted by molar-refractivity contribution is 6.15. The van der Waals surface area contributed by atoms with E-state index in [0.717, 1.165) is 55.3 Å². The molecule has 2 nitrogen and oxygen atoms in total. The van der Waals surface area contributed by atoms with Gasteiger partial charge < -0.3 is 9.32 Å². The summed E-state index contributed by atoms with van der Waals surface area (Å²) in [5, 5.41) is 9.57. The monoisotopic (exact) mass is 713 g/mol. The van der Waals surface area contributed by atoms with Crippen LogP contribution < -0.4 is 4.90 Å². The highest BCUT2D eigenvalue weighted by Gasteiger charge is 2.21. The minimum atomic E-state index is 0.906. The van der Waals surface area contributed by atoms with Crippen molar-refractivity contribution in [2.75, 3.05) is 4.90 Å². The van der Waals surface area contributed by atoms with Crippen LogP contribution in [0.3, 0.4) is 0 Å². The topological polar surface area (TPSA) is 16.4 Å². The molecule has 1 heterocycles.